The summed E-state index contributed by atoms with van der Waals surface area (Å²) in [6.07, 6.45) is -4.84. The van der Waals surface area contributed by atoms with E-state index >= 15 is 0 Å². The Labute approximate surface area is 140 Å². The highest BCUT2D eigenvalue weighted by atomic mass is 19.4. The van der Waals surface area contributed by atoms with Gasteiger partial charge >= 0.3 is 18.4 Å². The molecule has 138 valence electrons. The molecule has 1 aromatic rings. The number of amides is 3. The minimum absolute atomic E-state index is 0.0909. The number of imide groups is 1. The number of urea groups is 1. The molecule has 0 spiro atoms. The number of esters is 1. The zero-order valence-electron chi connectivity index (χ0n) is 13.0. The fourth-order valence-electron chi connectivity index (χ4n) is 1.48. The highest BCUT2D eigenvalue weighted by molar-refractivity contribution is 5.97. The lowest BCUT2D eigenvalue weighted by molar-refractivity contribution is -0.274. The Morgan fingerprint density at radius 3 is 2.32 bits per heavy atom. The predicted octanol–water partition coefficient (Wildman–Crippen LogP) is 1.21. The summed E-state index contributed by atoms with van der Waals surface area (Å²) in [5.41, 5.74) is -0.0909. The molecule has 0 aliphatic carbocycles. The summed E-state index contributed by atoms with van der Waals surface area (Å²) in [4.78, 5) is 34.3. The molecule has 8 nitrogen and oxygen atoms in total. The Hall–Kier alpha value is -2.82. The van der Waals surface area contributed by atoms with Gasteiger partial charge in [-0.05, 0) is 24.3 Å². The molecule has 0 radical (unpaired) electrons. The monoisotopic (exact) mass is 364 g/mol. The Balaban J connectivity index is 2.41. The number of hydrogen-bond acceptors (Lipinski definition) is 6. The van der Waals surface area contributed by atoms with Gasteiger partial charge in [0.25, 0.3) is 5.91 Å². The number of hydrogen-bond donors (Lipinski definition) is 2. The van der Waals surface area contributed by atoms with Gasteiger partial charge in [0.15, 0.2) is 6.61 Å². The van der Waals surface area contributed by atoms with Crippen LogP contribution >= 0.6 is 0 Å². The maximum absolute atomic E-state index is 12.0. The van der Waals surface area contributed by atoms with Gasteiger partial charge < -0.3 is 19.5 Å². The van der Waals surface area contributed by atoms with E-state index in [0.29, 0.717) is 0 Å². The quantitative estimate of drug-likeness (QED) is 0.557. The van der Waals surface area contributed by atoms with Crippen LogP contribution in [0.25, 0.3) is 0 Å². The molecule has 0 saturated heterocycles. The lowest BCUT2D eigenvalue weighted by Crippen LogP contribution is -2.42. The second-order valence-electron chi connectivity index (χ2n) is 4.45. The van der Waals surface area contributed by atoms with Gasteiger partial charge in [-0.3, -0.25) is 10.1 Å². The van der Waals surface area contributed by atoms with Crippen LogP contribution in [0.2, 0.25) is 0 Å². The van der Waals surface area contributed by atoms with E-state index in [1.54, 1.807) is 0 Å². The molecule has 0 aromatic heterocycles. The van der Waals surface area contributed by atoms with Crippen molar-refractivity contribution in [1.29, 1.82) is 0 Å². The van der Waals surface area contributed by atoms with Gasteiger partial charge in [0.1, 0.15) is 5.75 Å². The van der Waals surface area contributed by atoms with Crippen LogP contribution in [0.4, 0.5) is 18.0 Å². The molecule has 0 aliphatic rings. The van der Waals surface area contributed by atoms with E-state index in [0.717, 1.165) is 24.3 Å². The zero-order valence-corrected chi connectivity index (χ0v) is 13.0. The second kappa shape index (κ2) is 9.47. The predicted molar refractivity (Wildman–Crippen MR) is 76.8 cm³/mol. The molecule has 3 amide bonds. The van der Waals surface area contributed by atoms with Crippen molar-refractivity contribution in [3.8, 4) is 5.75 Å². The topological polar surface area (TPSA) is 103 Å². The van der Waals surface area contributed by atoms with Crippen molar-refractivity contribution in [2.45, 2.75) is 6.36 Å². The van der Waals surface area contributed by atoms with E-state index in [1.807, 2.05) is 5.32 Å². The summed E-state index contributed by atoms with van der Waals surface area (Å²) in [6, 6.07) is 3.14. The van der Waals surface area contributed by atoms with Crippen LogP contribution in [0.3, 0.4) is 0 Å². The SMILES string of the molecule is COCCNC(=O)NC(=O)COC(=O)c1ccc(OC(F)(F)F)cc1. The number of ether oxygens (including phenoxy) is 3. The minimum atomic E-state index is -4.84. The first kappa shape index (κ1) is 20.2. The summed E-state index contributed by atoms with van der Waals surface area (Å²) in [5.74, 6) is -2.33. The second-order valence-corrected chi connectivity index (χ2v) is 4.45. The van der Waals surface area contributed by atoms with Gasteiger partial charge in [-0.2, -0.15) is 0 Å². The number of benzene rings is 1. The maximum Gasteiger partial charge on any atom is 0.573 e. The third-order valence-electron chi connectivity index (χ3n) is 2.50. The average Bonchev–Trinajstić information content (AvgIpc) is 2.52. The summed E-state index contributed by atoms with van der Waals surface area (Å²) < 4.78 is 49.0. The Morgan fingerprint density at radius 2 is 1.76 bits per heavy atom. The summed E-state index contributed by atoms with van der Waals surface area (Å²) in [7, 11) is 1.44. The van der Waals surface area contributed by atoms with Gasteiger partial charge in [0.2, 0.25) is 0 Å². The van der Waals surface area contributed by atoms with Crippen LogP contribution in [0.1, 0.15) is 10.4 Å². The fourth-order valence-corrected chi connectivity index (χ4v) is 1.48. The molecule has 0 unspecified atom stereocenters. The first-order valence-electron chi connectivity index (χ1n) is 6.81. The molecule has 1 rings (SSSR count). The van der Waals surface area contributed by atoms with E-state index < -0.39 is 36.6 Å². The molecule has 11 heteroatoms. The fraction of sp³-hybridized carbons (Fsp3) is 0.357. The molecule has 0 atom stereocenters. The number of carbonyl (C=O) groups is 3. The van der Waals surface area contributed by atoms with Gasteiger partial charge in [-0.25, -0.2) is 9.59 Å². The first-order chi connectivity index (χ1) is 11.7. The number of carbonyl (C=O) groups excluding carboxylic acids is 3. The molecule has 0 aliphatic heterocycles. The Bertz CT molecular complexity index is 604. The van der Waals surface area contributed by atoms with Gasteiger partial charge in [-0.1, -0.05) is 0 Å². The van der Waals surface area contributed by atoms with E-state index in [2.05, 4.69) is 14.8 Å². The zero-order chi connectivity index (χ0) is 18.9. The summed E-state index contributed by atoms with van der Waals surface area (Å²) in [6.45, 7) is -0.302. The number of rotatable bonds is 7. The molecule has 0 bridgehead atoms. The first-order valence-corrected chi connectivity index (χ1v) is 6.81. The van der Waals surface area contributed by atoms with Crippen LogP contribution < -0.4 is 15.4 Å². The molecule has 0 saturated carbocycles. The van der Waals surface area contributed by atoms with Crippen molar-refractivity contribution < 1.29 is 41.8 Å². The van der Waals surface area contributed by atoms with E-state index in [-0.39, 0.29) is 18.7 Å². The van der Waals surface area contributed by atoms with Crippen molar-refractivity contribution in [2.75, 3.05) is 26.9 Å². The smallest absolute Gasteiger partial charge is 0.452 e. The Kier molecular flexibility index (Phi) is 7.66. The molecular weight excluding hydrogens is 349 g/mol. The normalized spacial score (nSPS) is 10.7. The molecule has 0 heterocycles. The minimum Gasteiger partial charge on any atom is -0.452 e. The third-order valence-corrected chi connectivity index (χ3v) is 2.50. The average molecular weight is 364 g/mol. The number of nitrogens with one attached hydrogen (secondary N) is 2. The van der Waals surface area contributed by atoms with E-state index in [9.17, 15) is 27.6 Å². The van der Waals surface area contributed by atoms with Crippen molar-refractivity contribution in [3.63, 3.8) is 0 Å². The van der Waals surface area contributed by atoms with Crippen molar-refractivity contribution in [1.82, 2.24) is 10.6 Å². The molecule has 25 heavy (non-hydrogen) atoms. The van der Waals surface area contributed by atoms with Gasteiger partial charge in [0.05, 0.1) is 12.2 Å². The van der Waals surface area contributed by atoms with Crippen LogP contribution in [-0.4, -0.2) is 51.1 Å². The maximum atomic E-state index is 12.0. The largest absolute Gasteiger partial charge is 0.573 e. The van der Waals surface area contributed by atoms with Crippen molar-refractivity contribution in [2.24, 2.45) is 0 Å². The van der Waals surface area contributed by atoms with Gasteiger partial charge in [0, 0.05) is 13.7 Å². The molecule has 0 fully saturated rings. The van der Waals surface area contributed by atoms with E-state index in [1.165, 1.54) is 7.11 Å². The third kappa shape index (κ3) is 8.55. The standard InChI is InChI=1S/C14H15F3N2O6/c1-23-7-6-18-13(22)19-11(20)8-24-12(21)9-2-4-10(5-3-9)25-14(15,16)17/h2-5H,6-8H2,1H3,(H2,18,19,20,22). The number of halogens is 3. The lowest BCUT2D eigenvalue weighted by atomic mass is 10.2. The highest BCUT2D eigenvalue weighted by Gasteiger charge is 2.31. The van der Waals surface area contributed by atoms with Crippen LogP contribution in [0.5, 0.6) is 5.75 Å². The molecule has 2 N–H and O–H groups in total. The highest BCUT2D eigenvalue weighted by Crippen LogP contribution is 2.22. The van der Waals surface area contributed by atoms with Crippen molar-refractivity contribution >= 4 is 17.9 Å². The molecular formula is C14H15F3N2O6. The van der Waals surface area contributed by atoms with E-state index in [4.69, 9.17) is 4.74 Å². The molecule has 1 aromatic carbocycles. The van der Waals surface area contributed by atoms with Crippen molar-refractivity contribution in [3.05, 3.63) is 29.8 Å². The van der Waals surface area contributed by atoms with Crippen LogP contribution in [0.15, 0.2) is 24.3 Å². The number of methoxy groups -OCH3 is 1. The number of alkyl halides is 3. The van der Waals surface area contributed by atoms with Gasteiger partial charge in [-0.15, -0.1) is 13.2 Å². The summed E-state index contributed by atoms with van der Waals surface area (Å²) >= 11 is 0. The van der Waals surface area contributed by atoms with Crippen LogP contribution in [-0.2, 0) is 14.3 Å². The summed E-state index contributed by atoms with van der Waals surface area (Å²) in [5, 5.41) is 4.23. The Morgan fingerprint density at radius 1 is 1.12 bits per heavy atom. The lowest BCUT2D eigenvalue weighted by Gasteiger charge is -2.09. The van der Waals surface area contributed by atoms with Crippen LogP contribution in [0, 0.1) is 0 Å².